The molecule has 4 rings (SSSR count). The Labute approximate surface area is 163 Å². The topological polar surface area (TPSA) is 75.6 Å². The molecule has 1 fully saturated rings. The molecule has 0 atom stereocenters. The summed E-state index contributed by atoms with van der Waals surface area (Å²) in [6, 6.07) is 6.21. The lowest BCUT2D eigenvalue weighted by molar-refractivity contribution is 0.0949. The Kier molecular flexibility index (Phi) is 5.16. The molecule has 1 aliphatic rings. The quantitative estimate of drug-likeness (QED) is 0.691. The second-order valence-electron chi connectivity index (χ2n) is 7.30. The highest BCUT2D eigenvalue weighted by molar-refractivity contribution is 6.31. The molecule has 0 saturated heterocycles. The van der Waals surface area contributed by atoms with Gasteiger partial charge in [0.2, 0.25) is 0 Å². The number of aromatic nitrogens is 4. The van der Waals surface area contributed by atoms with E-state index in [0.29, 0.717) is 23.3 Å². The molecule has 0 bridgehead atoms. The molecule has 1 aromatic carbocycles. The number of aromatic amines is 1. The Bertz CT molecular complexity index is 955. The van der Waals surface area contributed by atoms with Crippen LogP contribution in [0.2, 0.25) is 5.02 Å². The number of benzene rings is 1. The molecule has 27 heavy (non-hydrogen) atoms. The number of nitrogens with one attached hydrogen (secondary N) is 2. The lowest BCUT2D eigenvalue weighted by Gasteiger charge is -2.20. The standard InChI is InChI=1S/C20H24ClN5O/c1-13-16(17-11-14(21)7-8-18(17)23-13)9-10-22-20(27)19-12-26(25-24-19)15-5-3-2-4-6-15/h7-8,11-12,15,23H,2-6,9-10H2,1H3,(H,22,27). The highest BCUT2D eigenvalue weighted by Gasteiger charge is 2.19. The zero-order valence-corrected chi connectivity index (χ0v) is 16.2. The number of nitrogens with zero attached hydrogens (tertiary/aromatic N) is 3. The zero-order chi connectivity index (χ0) is 18.8. The van der Waals surface area contributed by atoms with Crippen molar-refractivity contribution in [3.8, 4) is 0 Å². The van der Waals surface area contributed by atoms with Gasteiger partial charge in [0.15, 0.2) is 5.69 Å². The van der Waals surface area contributed by atoms with Gasteiger partial charge in [-0.15, -0.1) is 5.10 Å². The second-order valence-corrected chi connectivity index (χ2v) is 7.74. The maximum Gasteiger partial charge on any atom is 0.273 e. The number of aryl methyl sites for hydroxylation is 1. The molecule has 6 nitrogen and oxygen atoms in total. The lowest BCUT2D eigenvalue weighted by Crippen LogP contribution is -2.26. The molecule has 2 N–H and O–H groups in total. The van der Waals surface area contributed by atoms with Gasteiger partial charge in [0.05, 0.1) is 12.2 Å². The Morgan fingerprint density at radius 1 is 1.33 bits per heavy atom. The second kappa shape index (κ2) is 7.72. The number of rotatable bonds is 5. The van der Waals surface area contributed by atoms with Gasteiger partial charge in [0.1, 0.15) is 0 Å². The van der Waals surface area contributed by atoms with Crippen molar-refractivity contribution in [2.75, 3.05) is 6.54 Å². The van der Waals surface area contributed by atoms with Crippen molar-refractivity contribution in [2.45, 2.75) is 51.5 Å². The van der Waals surface area contributed by atoms with Crippen LogP contribution in [0.4, 0.5) is 0 Å². The summed E-state index contributed by atoms with van der Waals surface area (Å²) in [5.74, 6) is -0.174. The Balaban J connectivity index is 1.38. The number of hydrogen-bond donors (Lipinski definition) is 2. The van der Waals surface area contributed by atoms with Gasteiger partial charge in [0, 0.05) is 28.2 Å². The average molecular weight is 386 g/mol. The number of amides is 1. The van der Waals surface area contributed by atoms with Crippen LogP contribution in [0.25, 0.3) is 10.9 Å². The fourth-order valence-corrected chi connectivity index (χ4v) is 4.15. The zero-order valence-electron chi connectivity index (χ0n) is 15.5. The molecule has 2 aromatic heterocycles. The predicted molar refractivity (Wildman–Crippen MR) is 106 cm³/mol. The van der Waals surface area contributed by atoms with Crippen LogP contribution < -0.4 is 5.32 Å². The summed E-state index contributed by atoms with van der Waals surface area (Å²) in [7, 11) is 0. The van der Waals surface area contributed by atoms with Gasteiger partial charge in [-0.2, -0.15) is 0 Å². The third kappa shape index (κ3) is 3.86. The van der Waals surface area contributed by atoms with Crippen molar-refractivity contribution in [1.29, 1.82) is 0 Å². The summed E-state index contributed by atoms with van der Waals surface area (Å²) in [5, 5.41) is 13.0. The van der Waals surface area contributed by atoms with Crippen molar-refractivity contribution in [2.24, 2.45) is 0 Å². The number of fused-ring (bicyclic) bond motifs is 1. The first-order valence-corrected chi connectivity index (χ1v) is 9.96. The molecule has 7 heteroatoms. The van der Waals surface area contributed by atoms with Crippen LogP contribution in [0.3, 0.4) is 0 Å². The minimum Gasteiger partial charge on any atom is -0.358 e. The highest BCUT2D eigenvalue weighted by atomic mass is 35.5. The maximum atomic E-state index is 12.4. The SMILES string of the molecule is Cc1[nH]c2ccc(Cl)cc2c1CCNC(=O)c1cn(C2CCCCC2)nn1. The van der Waals surface area contributed by atoms with Gasteiger partial charge in [-0.05, 0) is 49.9 Å². The Morgan fingerprint density at radius 3 is 2.96 bits per heavy atom. The van der Waals surface area contributed by atoms with Crippen molar-refractivity contribution < 1.29 is 4.79 Å². The van der Waals surface area contributed by atoms with Crippen molar-refractivity contribution in [3.05, 3.63) is 46.4 Å². The van der Waals surface area contributed by atoms with E-state index >= 15 is 0 Å². The summed E-state index contributed by atoms with van der Waals surface area (Å²) in [6.45, 7) is 2.58. The van der Waals surface area contributed by atoms with E-state index in [0.717, 1.165) is 35.9 Å². The number of carbonyl (C=O) groups excluding carboxylic acids is 1. The molecule has 0 radical (unpaired) electrons. The van der Waals surface area contributed by atoms with Crippen LogP contribution in [0.1, 0.15) is 59.9 Å². The Morgan fingerprint density at radius 2 is 2.15 bits per heavy atom. The van der Waals surface area contributed by atoms with E-state index in [1.165, 1.54) is 24.8 Å². The van der Waals surface area contributed by atoms with E-state index in [4.69, 9.17) is 11.6 Å². The van der Waals surface area contributed by atoms with Crippen LogP contribution in [-0.4, -0.2) is 32.4 Å². The van der Waals surface area contributed by atoms with E-state index < -0.39 is 0 Å². The van der Waals surface area contributed by atoms with Crippen LogP contribution in [0.5, 0.6) is 0 Å². The van der Waals surface area contributed by atoms with Gasteiger partial charge in [0.25, 0.3) is 5.91 Å². The molecular formula is C20H24ClN5O. The molecule has 0 spiro atoms. The van der Waals surface area contributed by atoms with E-state index in [1.807, 2.05) is 29.8 Å². The Hall–Kier alpha value is -2.34. The largest absolute Gasteiger partial charge is 0.358 e. The molecular weight excluding hydrogens is 362 g/mol. The fraction of sp³-hybridized carbons (Fsp3) is 0.450. The summed E-state index contributed by atoms with van der Waals surface area (Å²) in [6.07, 6.45) is 8.48. The fourth-order valence-electron chi connectivity index (χ4n) is 3.97. The normalized spacial score (nSPS) is 15.3. The average Bonchev–Trinajstić information content (AvgIpc) is 3.28. The summed E-state index contributed by atoms with van der Waals surface area (Å²) in [5.41, 5.74) is 3.73. The first kappa shape index (κ1) is 18.0. The van der Waals surface area contributed by atoms with Gasteiger partial charge in [-0.1, -0.05) is 36.1 Å². The molecule has 2 heterocycles. The molecule has 1 saturated carbocycles. The number of hydrogen-bond acceptors (Lipinski definition) is 3. The molecule has 142 valence electrons. The molecule has 0 aliphatic heterocycles. The van der Waals surface area contributed by atoms with E-state index in [1.54, 1.807) is 6.20 Å². The third-order valence-electron chi connectivity index (χ3n) is 5.43. The summed E-state index contributed by atoms with van der Waals surface area (Å²) in [4.78, 5) is 15.8. The van der Waals surface area contributed by atoms with Crippen LogP contribution in [0, 0.1) is 6.92 Å². The molecule has 1 aliphatic carbocycles. The van der Waals surface area contributed by atoms with Crippen molar-refractivity contribution in [1.82, 2.24) is 25.3 Å². The molecule has 0 unspecified atom stereocenters. The number of H-pyrrole nitrogens is 1. The lowest BCUT2D eigenvalue weighted by atomic mass is 9.96. The van der Waals surface area contributed by atoms with Gasteiger partial charge < -0.3 is 10.3 Å². The molecule has 1 amide bonds. The molecule has 3 aromatic rings. The minimum absolute atomic E-state index is 0.174. The first-order chi connectivity index (χ1) is 13.1. The minimum atomic E-state index is -0.174. The van der Waals surface area contributed by atoms with Gasteiger partial charge in [-0.3, -0.25) is 4.79 Å². The smallest absolute Gasteiger partial charge is 0.273 e. The van der Waals surface area contributed by atoms with Crippen LogP contribution in [-0.2, 0) is 6.42 Å². The van der Waals surface area contributed by atoms with Crippen LogP contribution >= 0.6 is 11.6 Å². The summed E-state index contributed by atoms with van der Waals surface area (Å²) >= 11 is 6.13. The monoisotopic (exact) mass is 385 g/mol. The van der Waals surface area contributed by atoms with Crippen molar-refractivity contribution >= 4 is 28.4 Å². The third-order valence-corrected chi connectivity index (χ3v) is 5.67. The predicted octanol–water partition coefficient (Wildman–Crippen LogP) is 4.20. The van der Waals surface area contributed by atoms with Crippen molar-refractivity contribution in [3.63, 3.8) is 0 Å². The van der Waals surface area contributed by atoms with Crippen LogP contribution in [0.15, 0.2) is 24.4 Å². The van der Waals surface area contributed by atoms with E-state index in [2.05, 4.69) is 20.6 Å². The van der Waals surface area contributed by atoms with E-state index in [-0.39, 0.29) is 5.91 Å². The number of halogens is 1. The number of carbonyl (C=O) groups is 1. The first-order valence-electron chi connectivity index (χ1n) is 9.58. The highest BCUT2D eigenvalue weighted by Crippen LogP contribution is 2.27. The van der Waals surface area contributed by atoms with Gasteiger partial charge in [-0.25, -0.2) is 4.68 Å². The maximum absolute atomic E-state index is 12.4. The van der Waals surface area contributed by atoms with E-state index in [9.17, 15) is 4.79 Å². The van der Waals surface area contributed by atoms with Gasteiger partial charge >= 0.3 is 0 Å². The summed E-state index contributed by atoms with van der Waals surface area (Å²) < 4.78 is 1.86.